The summed E-state index contributed by atoms with van der Waals surface area (Å²) in [4.78, 5) is 11.0. The van der Waals surface area contributed by atoms with Gasteiger partial charge in [-0.05, 0) is 31.7 Å². The molecule has 0 amide bonds. The van der Waals surface area contributed by atoms with Crippen molar-refractivity contribution in [2.45, 2.75) is 31.7 Å². The van der Waals surface area contributed by atoms with Gasteiger partial charge in [0, 0.05) is 32.2 Å². The molecule has 2 fully saturated rings. The molecule has 1 unspecified atom stereocenters. The van der Waals surface area contributed by atoms with Crippen LogP contribution in [0.1, 0.15) is 25.7 Å². The highest BCUT2D eigenvalue weighted by Gasteiger charge is 2.20. The van der Waals surface area contributed by atoms with Crippen LogP contribution >= 0.6 is 0 Å². The highest BCUT2D eigenvalue weighted by atomic mass is 15.2. The molecule has 1 aliphatic carbocycles. The molecule has 2 heterocycles. The summed E-state index contributed by atoms with van der Waals surface area (Å²) in [6.07, 6.45) is 6.96. The van der Waals surface area contributed by atoms with Gasteiger partial charge in [-0.3, -0.25) is 0 Å². The first-order chi connectivity index (χ1) is 9.31. The third kappa shape index (κ3) is 3.15. The van der Waals surface area contributed by atoms with Crippen molar-refractivity contribution in [3.8, 4) is 0 Å². The van der Waals surface area contributed by atoms with E-state index in [1.807, 2.05) is 0 Å². The minimum atomic E-state index is 0.500. The fraction of sp³-hybridized carbons (Fsp3) is 0.714. The van der Waals surface area contributed by atoms with Gasteiger partial charge in [0.05, 0.1) is 0 Å². The van der Waals surface area contributed by atoms with Crippen molar-refractivity contribution in [2.24, 2.45) is 5.92 Å². The van der Waals surface area contributed by atoms with Crippen molar-refractivity contribution in [3.05, 3.63) is 12.4 Å². The fourth-order valence-corrected chi connectivity index (χ4v) is 2.78. The van der Waals surface area contributed by atoms with Crippen molar-refractivity contribution in [1.29, 1.82) is 0 Å². The Bertz CT molecular complexity index is 412. The lowest BCUT2D eigenvalue weighted by atomic mass is 9.85. The summed E-state index contributed by atoms with van der Waals surface area (Å²) >= 11 is 0. The van der Waals surface area contributed by atoms with E-state index in [-0.39, 0.29) is 0 Å². The summed E-state index contributed by atoms with van der Waals surface area (Å²) in [7, 11) is 2.13. The molecule has 0 bridgehead atoms. The van der Waals surface area contributed by atoms with E-state index >= 15 is 0 Å². The average Bonchev–Trinajstić information content (AvgIpc) is 2.87. The Hall–Kier alpha value is -1.36. The Labute approximate surface area is 114 Å². The van der Waals surface area contributed by atoms with E-state index < -0.39 is 0 Å². The Balaban J connectivity index is 1.60. The number of nitrogens with zero attached hydrogens (tertiary/aromatic N) is 3. The molecule has 19 heavy (non-hydrogen) atoms. The molecule has 3 rings (SSSR count). The van der Waals surface area contributed by atoms with E-state index in [9.17, 15) is 0 Å². The molecule has 0 aromatic carbocycles. The number of hydrogen-bond acceptors (Lipinski definition) is 5. The largest absolute Gasteiger partial charge is 0.366 e. The molecule has 5 heteroatoms. The van der Waals surface area contributed by atoms with E-state index in [4.69, 9.17) is 0 Å². The summed E-state index contributed by atoms with van der Waals surface area (Å²) < 4.78 is 0. The SMILES string of the molecule is CN(CC1CCC1)c1cc(NC2CCNC2)ncn1. The number of anilines is 2. The third-order valence-corrected chi connectivity index (χ3v) is 4.21. The molecule has 1 aromatic heterocycles. The zero-order valence-electron chi connectivity index (χ0n) is 11.6. The van der Waals surface area contributed by atoms with Crippen LogP contribution in [0.15, 0.2) is 12.4 Å². The van der Waals surface area contributed by atoms with Crippen LogP contribution in [0.25, 0.3) is 0 Å². The minimum absolute atomic E-state index is 0.500. The van der Waals surface area contributed by atoms with Crippen molar-refractivity contribution in [3.63, 3.8) is 0 Å². The molecule has 1 atom stereocenters. The zero-order valence-corrected chi connectivity index (χ0v) is 11.6. The van der Waals surface area contributed by atoms with Crippen LogP contribution < -0.4 is 15.5 Å². The van der Waals surface area contributed by atoms with E-state index in [2.05, 4.69) is 38.6 Å². The summed E-state index contributed by atoms with van der Waals surface area (Å²) in [6, 6.07) is 2.57. The van der Waals surface area contributed by atoms with E-state index in [0.29, 0.717) is 6.04 Å². The first-order valence-corrected chi connectivity index (χ1v) is 7.32. The predicted molar refractivity (Wildman–Crippen MR) is 77.5 cm³/mol. The zero-order chi connectivity index (χ0) is 13.1. The number of hydrogen-bond donors (Lipinski definition) is 2. The second-order valence-electron chi connectivity index (χ2n) is 5.77. The fourth-order valence-electron chi connectivity index (χ4n) is 2.78. The van der Waals surface area contributed by atoms with Crippen molar-refractivity contribution < 1.29 is 0 Å². The molecule has 0 radical (unpaired) electrons. The molecule has 1 aromatic rings. The van der Waals surface area contributed by atoms with Crippen LogP contribution in [0.5, 0.6) is 0 Å². The molecular weight excluding hydrogens is 238 g/mol. The van der Waals surface area contributed by atoms with Crippen LogP contribution in [0.3, 0.4) is 0 Å². The minimum Gasteiger partial charge on any atom is -0.366 e. The monoisotopic (exact) mass is 261 g/mol. The maximum absolute atomic E-state index is 4.38. The van der Waals surface area contributed by atoms with Crippen LogP contribution in [-0.4, -0.2) is 42.7 Å². The summed E-state index contributed by atoms with van der Waals surface area (Å²) in [5.41, 5.74) is 0. The summed E-state index contributed by atoms with van der Waals surface area (Å²) in [6.45, 7) is 3.23. The number of aromatic nitrogens is 2. The Morgan fingerprint density at radius 3 is 2.95 bits per heavy atom. The first kappa shape index (κ1) is 12.7. The van der Waals surface area contributed by atoms with Gasteiger partial charge in [0.2, 0.25) is 0 Å². The van der Waals surface area contributed by atoms with Gasteiger partial charge in [-0.2, -0.15) is 0 Å². The topological polar surface area (TPSA) is 53.1 Å². The maximum Gasteiger partial charge on any atom is 0.133 e. The lowest BCUT2D eigenvalue weighted by Crippen LogP contribution is -2.30. The second-order valence-corrected chi connectivity index (χ2v) is 5.77. The Morgan fingerprint density at radius 2 is 2.26 bits per heavy atom. The average molecular weight is 261 g/mol. The Kier molecular flexibility index (Phi) is 3.82. The van der Waals surface area contributed by atoms with Crippen LogP contribution in [0, 0.1) is 5.92 Å². The molecule has 2 aliphatic rings. The van der Waals surface area contributed by atoms with E-state index in [1.54, 1.807) is 6.33 Å². The van der Waals surface area contributed by atoms with Gasteiger partial charge in [-0.25, -0.2) is 9.97 Å². The lowest BCUT2D eigenvalue weighted by molar-refractivity contribution is 0.321. The van der Waals surface area contributed by atoms with Crippen LogP contribution in [0.2, 0.25) is 0 Å². The van der Waals surface area contributed by atoms with Gasteiger partial charge in [-0.15, -0.1) is 0 Å². The molecular formula is C14H23N5. The van der Waals surface area contributed by atoms with Gasteiger partial charge in [-0.1, -0.05) is 6.42 Å². The number of rotatable bonds is 5. The Morgan fingerprint density at radius 1 is 1.37 bits per heavy atom. The quantitative estimate of drug-likeness (QED) is 0.841. The highest BCUT2D eigenvalue weighted by molar-refractivity contribution is 5.48. The molecule has 1 saturated heterocycles. The molecule has 1 saturated carbocycles. The van der Waals surface area contributed by atoms with Gasteiger partial charge in [0.15, 0.2) is 0 Å². The van der Waals surface area contributed by atoms with Crippen molar-refractivity contribution in [2.75, 3.05) is 36.9 Å². The normalized spacial score (nSPS) is 23.1. The van der Waals surface area contributed by atoms with E-state index in [0.717, 1.165) is 43.6 Å². The lowest BCUT2D eigenvalue weighted by Gasteiger charge is -2.30. The van der Waals surface area contributed by atoms with Gasteiger partial charge in [0.25, 0.3) is 0 Å². The summed E-state index contributed by atoms with van der Waals surface area (Å²) in [5, 5.41) is 6.83. The molecule has 104 valence electrons. The smallest absolute Gasteiger partial charge is 0.133 e. The first-order valence-electron chi connectivity index (χ1n) is 7.32. The molecule has 1 aliphatic heterocycles. The summed E-state index contributed by atoms with van der Waals surface area (Å²) in [5.74, 6) is 2.82. The standard InChI is InChI=1S/C14H23N5/c1-19(9-11-3-2-4-11)14-7-13(16-10-17-14)18-12-5-6-15-8-12/h7,10-12,15H,2-6,8-9H2,1H3,(H,16,17,18). The van der Waals surface area contributed by atoms with Gasteiger partial charge >= 0.3 is 0 Å². The third-order valence-electron chi connectivity index (χ3n) is 4.21. The van der Waals surface area contributed by atoms with Crippen LogP contribution in [-0.2, 0) is 0 Å². The van der Waals surface area contributed by atoms with Gasteiger partial charge in [0.1, 0.15) is 18.0 Å². The molecule has 5 nitrogen and oxygen atoms in total. The maximum atomic E-state index is 4.38. The van der Waals surface area contributed by atoms with Gasteiger partial charge < -0.3 is 15.5 Å². The van der Waals surface area contributed by atoms with Crippen LogP contribution in [0.4, 0.5) is 11.6 Å². The van der Waals surface area contributed by atoms with Crippen molar-refractivity contribution >= 4 is 11.6 Å². The highest BCUT2D eigenvalue weighted by Crippen LogP contribution is 2.28. The van der Waals surface area contributed by atoms with E-state index in [1.165, 1.54) is 19.3 Å². The molecule has 2 N–H and O–H groups in total. The predicted octanol–water partition coefficient (Wildman–Crippen LogP) is 1.49. The number of nitrogens with one attached hydrogen (secondary N) is 2. The second kappa shape index (κ2) is 5.74. The van der Waals surface area contributed by atoms with Crippen molar-refractivity contribution in [1.82, 2.24) is 15.3 Å². The molecule has 0 spiro atoms.